The first-order valence-corrected chi connectivity index (χ1v) is 6.05. The molecule has 0 spiro atoms. The fraction of sp³-hybridized carbons (Fsp3) is 0.600. The Bertz CT molecular complexity index is 353. The van der Waals surface area contributed by atoms with Gasteiger partial charge in [0.2, 0.25) is 5.91 Å². The summed E-state index contributed by atoms with van der Waals surface area (Å²) in [6, 6.07) is 0.0122. The lowest BCUT2D eigenvalue weighted by atomic mass is 10.2. The average Bonchev–Trinajstić information content (AvgIpc) is 2.85. The first-order chi connectivity index (χ1) is 7.27. The van der Waals surface area contributed by atoms with E-state index in [0.717, 1.165) is 30.0 Å². The van der Waals surface area contributed by atoms with Crippen molar-refractivity contribution in [2.45, 2.75) is 32.4 Å². The smallest absolute Gasteiger partial charge is 0.237 e. The van der Waals surface area contributed by atoms with Crippen LogP contribution in [0.2, 0.25) is 0 Å². The normalized spacial score (nSPS) is 18.1. The van der Waals surface area contributed by atoms with Gasteiger partial charge in [-0.25, -0.2) is 4.98 Å². The summed E-state index contributed by atoms with van der Waals surface area (Å²) in [7, 11) is 0. The number of nitrogens with one attached hydrogen (secondary N) is 2. The molecule has 1 fully saturated rings. The van der Waals surface area contributed by atoms with Gasteiger partial charge in [-0.1, -0.05) is 0 Å². The van der Waals surface area contributed by atoms with Crippen LogP contribution in [-0.4, -0.2) is 23.5 Å². The number of carbonyl (C=O) groups excluding carboxylic acids is 1. The van der Waals surface area contributed by atoms with Crippen molar-refractivity contribution in [1.29, 1.82) is 0 Å². The number of hydrogen-bond acceptors (Lipinski definition) is 4. The molecule has 7 heteroatoms. The maximum Gasteiger partial charge on any atom is 0.237 e. The summed E-state index contributed by atoms with van der Waals surface area (Å²) in [6.45, 7) is 3.52. The van der Waals surface area contributed by atoms with Crippen molar-refractivity contribution in [3.63, 3.8) is 0 Å². The number of rotatable bonds is 3. The zero-order valence-corrected chi connectivity index (χ0v) is 12.0. The lowest BCUT2D eigenvalue weighted by Crippen LogP contribution is -2.39. The van der Waals surface area contributed by atoms with Gasteiger partial charge in [0.05, 0.1) is 23.8 Å². The van der Waals surface area contributed by atoms with E-state index in [1.807, 2.05) is 12.4 Å². The van der Waals surface area contributed by atoms with Gasteiger partial charge in [-0.2, -0.15) is 0 Å². The predicted molar refractivity (Wildman–Crippen MR) is 74.2 cm³/mol. The molecule has 0 bridgehead atoms. The highest BCUT2D eigenvalue weighted by atomic mass is 35.5. The molecule has 2 rings (SSSR count). The molecule has 98 valence electrons. The summed E-state index contributed by atoms with van der Waals surface area (Å²) in [5.74, 6) is 0.111. The quantitative estimate of drug-likeness (QED) is 0.892. The molecule has 17 heavy (non-hydrogen) atoms. The second-order valence-corrected chi connectivity index (χ2v) is 4.67. The largest absolute Gasteiger partial charge is 0.350 e. The van der Waals surface area contributed by atoms with Crippen LogP contribution in [0.1, 0.15) is 23.4 Å². The van der Waals surface area contributed by atoms with Gasteiger partial charge in [-0.3, -0.25) is 4.79 Å². The Morgan fingerprint density at radius 2 is 2.41 bits per heavy atom. The molecular weight excluding hydrogens is 281 g/mol. The number of aromatic nitrogens is 1. The number of aryl methyl sites for hydroxylation is 1. The van der Waals surface area contributed by atoms with Crippen LogP contribution in [-0.2, 0) is 11.3 Å². The molecule has 1 amide bonds. The number of halogens is 2. The molecule has 4 nitrogen and oxygen atoms in total. The van der Waals surface area contributed by atoms with Gasteiger partial charge in [0.15, 0.2) is 0 Å². The first-order valence-electron chi connectivity index (χ1n) is 5.17. The third kappa shape index (κ3) is 4.43. The highest BCUT2D eigenvalue weighted by Crippen LogP contribution is 2.12. The highest BCUT2D eigenvalue weighted by Gasteiger charge is 2.21. The summed E-state index contributed by atoms with van der Waals surface area (Å²) in [6.07, 6.45) is 2.05. The minimum absolute atomic E-state index is 0. The maximum absolute atomic E-state index is 11.7. The van der Waals surface area contributed by atoms with Crippen LogP contribution < -0.4 is 10.6 Å². The molecule has 0 aromatic carbocycles. The van der Waals surface area contributed by atoms with Crippen molar-refractivity contribution in [3.05, 3.63) is 16.1 Å². The van der Waals surface area contributed by atoms with E-state index in [0.29, 0.717) is 6.54 Å². The molecule has 0 saturated carbocycles. The van der Waals surface area contributed by atoms with E-state index in [4.69, 9.17) is 0 Å². The lowest BCUT2D eigenvalue weighted by molar-refractivity contribution is -0.122. The zero-order valence-electron chi connectivity index (χ0n) is 9.56. The molecule has 2 heterocycles. The minimum atomic E-state index is 0. The van der Waals surface area contributed by atoms with Crippen molar-refractivity contribution in [3.8, 4) is 0 Å². The number of thiazole rings is 1. The van der Waals surface area contributed by atoms with E-state index < -0.39 is 0 Å². The van der Waals surface area contributed by atoms with Crippen molar-refractivity contribution in [2.24, 2.45) is 0 Å². The van der Waals surface area contributed by atoms with Crippen LogP contribution in [0.25, 0.3) is 0 Å². The van der Waals surface area contributed by atoms with Crippen molar-refractivity contribution >= 4 is 42.1 Å². The summed E-state index contributed by atoms with van der Waals surface area (Å²) >= 11 is 1.59. The molecule has 1 aromatic heterocycles. The predicted octanol–water partition coefficient (Wildman–Crippen LogP) is 1.66. The third-order valence-electron chi connectivity index (χ3n) is 2.64. The Morgan fingerprint density at radius 1 is 1.65 bits per heavy atom. The van der Waals surface area contributed by atoms with E-state index in [2.05, 4.69) is 15.6 Å². The first kappa shape index (κ1) is 16.6. The van der Waals surface area contributed by atoms with Crippen LogP contribution in [0.5, 0.6) is 0 Å². The third-order valence-corrected chi connectivity index (χ3v) is 3.58. The van der Waals surface area contributed by atoms with Crippen LogP contribution in [0.3, 0.4) is 0 Å². The Labute approximate surface area is 117 Å². The monoisotopic (exact) mass is 297 g/mol. The fourth-order valence-electron chi connectivity index (χ4n) is 1.69. The van der Waals surface area contributed by atoms with Gasteiger partial charge < -0.3 is 10.6 Å². The van der Waals surface area contributed by atoms with Crippen LogP contribution in [0.4, 0.5) is 0 Å². The topological polar surface area (TPSA) is 54.0 Å². The standard InChI is InChI=1S/C10H15N3OS.2ClH/c1-7-9(15-6-13-7)5-12-10(14)8-3-2-4-11-8;;/h6,8,11H,2-5H2,1H3,(H,12,14);2*1H. The van der Waals surface area contributed by atoms with Gasteiger partial charge in [0.25, 0.3) is 0 Å². The maximum atomic E-state index is 11.7. The highest BCUT2D eigenvalue weighted by molar-refractivity contribution is 7.09. The molecule has 0 radical (unpaired) electrons. The lowest BCUT2D eigenvalue weighted by Gasteiger charge is -2.10. The number of amides is 1. The summed E-state index contributed by atoms with van der Waals surface area (Å²) in [5, 5.41) is 6.11. The summed E-state index contributed by atoms with van der Waals surface area (Å²) in [5.41, 5.74) is 2.82. The molecule has 0 aliphatic carbocycles. The van der Waals surface area contributed by atoms with Gasteiger partial charge in [0, 0.05) is 4.88 Å². The van der Waals surface area contributed by atoms with Gasteiger partial charge >= 0.3 is 0 Å². The van der Waals surface area contributed by atoms with Crippen LogP contribution >= 0.6 is 36.2 Å². The Hall–Kier alpha value is -0.360. The minimum Gasteiger partial charge on any atom is -0.350 e. The van der Waals surface area contributed by atoms with Gasteiger partial charge in [-0.05, 0) is 26.3 Å². The Kier molecular flexibility index (Phi) is 7.70. The fourth-order valence-corrected chi connectivity index (χ4v) is 2.41. The Morgan fingerprint density at radius 3 is 2.94 bits per heavy atom. The van der Waals surface area contributed by atoms with Crippen molar-refractivity contribution < 1.29 is 4.79 Å². The van der Waals surface area contributed by atoms with Crippen molar-refractivity contribution in [2.75, 3.05) is 6.54 Å². The van der Waals surface area contributed by atoms with E-state index in [1.165, 1.54) is 0 Å². The Balaban J connectivity index is 0.00000128. The summed E-state index contributed by atoms with van der Waals surface area (Å²) < 4.78 is 0. The molecule has 1 saturated heterocycles. The van der Waals surface area contributed by atoms with Crippen LogP contribution in [0, 0.1) is 6.92 Å². The molecule has 1 atom stereocenters. The number of carbonyl (C=O) groups is 1. The van der Waals surface area contributed by atoms with E-state index in [1.54, 1.807) is 11.3 Å². The molecule has 1 aliphatic rings. The summed E-state index contributed by atoms with van der Waals surface area (Å²) in [4.78, 5) is 16.9. The zero-order chi connectivity index (χ0) is 10.7. The molecule has 1 unspecified atom stereocenters. The SMILES string of the molecule is Cc1ncsc1CNC(=O)C1CCCN1.Cl.Cl. The molecule has 1 aliphatic heterocycles. The number of nitrogens with zero attached hydrogens (tertiary/aromatic N) is 1. The van der Waals surface area contributed by atoms with Crippen LogP contribution in [0.15, 0.2) is 5.51 Å². The second kappa shape index (κ2) is 7.87. The van der Waals surface area contributed by atoms with Gasteiger partial charge in [0.1, 0.15) is 0 Å². The van der Waals surface area contributed by atoms with E-state index in [-0.39, 0.29) is 36.8 Å². The molecular formula is C10H17Cl2N3OS. The molecule has 2 N–H and O–H groups in total. The second-order valence-electron chi connectivity index (χ2n) is 3.73. The van der Waals surface area contributed by atoms with Gasteiger partial charge in [-0.15, -0.1) is 36.2 Å². The van der Waals surface area contributed by atoms with Crippen molar-refractivity contribution in [1.82, 2.24) is 15.6 Å². The number of hydrogen-bond donors (Lipinski definition) is 2. The van der Waals surface area contributed by atoms with E-state index in [9.17, 15) is 4.79 Å². The average molecular weight is 298 g/mol. The molecule has 1 aromatic rings. The van der Waals surface area contributed by atoms with E-state index >= 15 is 0 Å².